The first-order valence-electron chi connectivity index (χ1n) is 7.58. The van der Waals surface area contributed by atoms with Crippen LogP contribution in [0.5, 0.6) is 0 Å². The molecular formula is C17H25NO4. The van der Waals surface area contributed by atoms with Crippen LogP contribution in [0.3, 0.4) is 0 Å². The lowest BCUT2D eigenvalue weighted by molar-refractivity contribution is -0.141. The average molecular weight is 307 g/mol. The predicted octanol–water partition coefficient (Wildman–Crippen LogP) is 2.89. The summed E-state index contributed by atoms with van der Waals surface area (Å²) in [5.74, 6) is -1.58. The van der Waals surface area contributed by atoms with Crippen LogP contribution in [0.4, 0.5) is 5.69 Å². The van der Waals surface area contributed by atoms with Gasteiger partial charge in [0.25, 0.3) is 0 Å². The van der Waals surface area contributed by atoms with Crippen molar-refractivity contribution in [1.29, 1.82) is 0 Å². The largest absolute Gasteiger partial charge is 0.481 e. The summed E-state index contributed by atoms with van der Waals surface area (Å²) in [5.41, 5.74) is 1.68. The number of carboxylic acids is 2. The van der Waals surface area contributed by atoms with E-state index in [1.165, 1.54) is 0 Å². The van der Waals surface area contributed by atoms with Crippen molar-refractivity contribution in [2.45, 2.75) is 33.6 Å². The summed E-state index contributed by atoms with van der Waals surface area (Å²) in [7, 11) is 0. The minimum Gasteiger partial charge on any atom is -0.481 e. The van der Waals surface area contributed by atoms with E-state index >= 15 is 0 Å². The summed E-state index contributed by atoms with van der Waals surface area (Å²) in [5, 5.41) is 17.9. The Morgan fingerprint density at radius 1 is 1.09 bits per heavy atom. The van der Waals surface area contributed by atoms with E-state index in [1.54, 1.807) is 19.1 Å². The number of benzene rings is 1. The van der Waals surface area contributed by atoms with Crippen LogP contribution in [0.15, 0.2) is 24.3 Å². The summed E-state index contributed by atoms with van der Waals surface area (Å²) in [6.07, 6.45) is 0.973. The Bertz CT molecular complexity index is 496. The van der Waals surface area contributed by atoms with Crippen LogP contribution in [0.25, 0.3) is 0 Å². The quantitative estimate of drug-likeness (QED) is 0.733. The van der Waals surface area contributed by atoms with Crippen LogP contribution in [-0.4, -0.2) is 35.2 Å². The van der Waals surface area contributed by atoms with E-state index < -0.39 is 17.9 Å². The number of anilines is 1. The predicted molar refractivity (Wildman–Crippen MR) is 86.2 cm³/mol. The summed E-state index contributed by atoms with van der Waals surface area (Å²) in [4.78, 5) is 23.9. The van der Waals surface area contributed by atoms with Crippen molar-refractivity contribution < 1.29 is 19.8 Å². The van der Waals surface area contributed by atoms with Crippen LogP contribution in [0, 0.1) is 11.8 Å². The van der Waals surface area contributed by atoms with Gasteiger partial charge in [0.2, 0.25) is 0 Å². The molecule has 0 saturated heterocycles. The molecule has 1 aromatic rings. The van der Waals surface area contributed by atoms with Crippen molar-refractivity contribution in [2.24, 2.45) is 11.8 Å². The normalized spacial score (nSPS) is 12.2. The zero-order valence-corrected chi connectivity index (χ0v) is 13.5. The second kappa shape index (κ2) is 8.41. The number of aliphatic carboxylic acids is 2. The number of rotatable bonds is 9. The molecule has 1 rings (SSSR count). The highest BCUT2D eigenvalue weighted by atomic mass is 16.4. The molecule has 0 spiro atoms. The van der Waals surface area contributed by atoms with Crippen molar-refractivity contribution in [3.63, 3.8) is 0 Å². The van der Waals surface area contributed by atoms with Crippen molar-refractivity contribution in [1.82, 2.24) is 0 Å². The number of carbonyl (C=O) groups is 2. The third-order valence-corrected chi connectivity index (χ3v) is 3.55. The third-order valence-electron chi connectivity index (χ3n) is 3.55. The molecule has 1 unspecified atom stereocenters. The molecule has 0 radical (unpaired) electrons. The molecule has 1 atom stereocenters. The number of hydrogen-bond acceptors (Lipinski definition) is 3. The molecule has 5 heteroatoms. The Kier molecular flexibility index (Phi) is 6.89. The van der Waals surface area contributed by atoms with Gasteiger partial charge in [0, 0.05) is 18.8 Å². The fourth-order valence-electron chi connectivity index (χ4n) is 2.15. The zero-order chi connectivity index (χ0) is 16.7. The van der Waals surface area contributed by atoms with Gasteiger partial charge in [-0.15, -0.1) is 0 Å². The van der Waals surface area contributed by atoms with E-state index in [0.29, 0.717) is 12.5 Å². The van der Waals surface area contributed by atoms with Crippen molar-refractivity contribution >= 4 is 17.6 Å². The molecule has 0 aliphatic heterocycles. The molecule has 0 fully saturated rings. The smallest absolute Gasteiger partial charge is 0.308 e. The molecule has 0 amide bonds. The van der Waals surface area contributed by atoms with Gasteiger partial charge in [0.05, 0.1) is 12.3 Å². The molecule has 5 nitrogen and oxygen atoms in total. The molecule has 1 aromatic carbocycles. The SMILES string of the molecule is CC(C)CCN(CC(C)C(=O)O)c1ccc(CC(=O)O)cc1. The van der Waals surface area contributed by atoms with Crippen LogP contribution >= 0.6 is 0 Å². The lowest BCUT2D eigenvalue weighted by Gasteiger charge is -2.27. The van der Waals surface area contributed by atoms with Crippen molar-refractivity contribution in [3.05, 3.63) is 29.8 Å². The lowest BCUT2D eigenvalue weighted by Crippen LogP contribution is -2.33. The van der Waals surface area contributed by atoms with Crippen molar-refractivity contribution in [2.75, 3.05) is 18.0 Å². The number of hydrogen-bond donors (Lipinski definition) is 2. The fourth-order valence-corrected chi connectivity index (χ4v) is 2.15. The molecule has 22 heavy (non-hydrogen) atoms. The van der Waals surface area contributed by atoms with Gasteiger partial charge in [-0.2, -0.15) is 0 Å². The summed E-state index contributed by atoms with van der Waals surface area (Å²) >= 11 is 0. The minimum absolute atomic E-state index is 0.00218. The maximum atomic E-state index is 11.1. The highest BCUT2D eigenvalue weighted by Crippen LogP contribution is 2.19. The molecule has 0 saturated carbocycles. The first-order chi connectivity index (χ1) is 10.3. The first kappa shape index (κ1) is 18.0. The molecule has 0 aromatic heterocycles. The highest BCUT2D eigenvalue weighted by molar-refractivity contribution is 5.71. The minimum atomic E-state index is -0.857. The molecule has 0 heterocycles. The second-order valence-corrected chi connectivity index (χ2v) is 6.10. The zero-order valence-electron chi connectivity index (χ0n) is 13.5. The second-order valence-electron chi connectivity index (χ2n) is 6.10. The van der Waals surface area contributed by atoms with Gasteiger partial charge in [0.15, 0.2) is 0 Å². The van der Waals surface area contributed by atoms with E-state index in [-0.39, 0.29) is 6.42 Å². The molecule has 0 bridgehead atoms. The fraction of sp³-hybridized carbons (Fsp3) is 0.529. The molecule has 122 valence electrons. The standard InChI is InChI=1S/C17H25NO4/c1-12(2)8-9-18(11-13(3)17(21)22)15-6-4-14(5-7-15)10-16(19)20/h4-7,12-13H,8-11H2,1-3H3,(H,19,20)(H,21,22). The lowest BCUT2D eigenvalue weighted by atomic mass is 10.1. The maximum Gasteiger partial charge on any atom is 0.308 e. The van der Waals surface area contributed by atoms with E-state index in [1.807, 2.05) is 12.1 Å². The Hall–Kier alpha value is -2.04. The summed E-state index contributed by atoms with van der Waals surface area (Å²) < 4.78 is 0. The number of nitrogens with zero attached hydrogens (tertiary/aromatic N) is 1. The Morgan fingerprint density at radius 3 is 2.14 bits per heavy atom. The van der Waals surface area contributed by atoms with Gasteiger partial charge < -0.3 is 15.1 Å². The van der Waals surface area contributed by atoms with Crippen LogP contribution in [0.1, 0.15) is 32.8 Å². The topological polar surface area (TPSA) is 77.8 Å². The van der Waals surface area contributed by atoms with Gasteiger partial charge in [-0.05, 0) is 30.0 Å². The van der Waals surface area contributed by atoms with Crippen LogP contribution in [-0.2, 0) is 16.0 Å². The number of carboxylic acid groups (broad SMARTS) is 2. The van der Waals surface area contributed by atoms with Crippen molar-refractivity contribution in [3.8, 4) is 0 Å². The molecular weight excluding hydrogens is 282 g/mol. The van der Waals surface area contributed by atoms with E-state index in [4.69, 9.17) is 10.2 Å². The summed E-state index contributed by atoms with van der Waals surface area (Å²) in [6.45, 7) is 7.20. The van der Waals surface area contributed by atoms with Gasteiger partial charge >= 0.3 is 11.9 Å². The summed E-state index contributed by atoms with van der Waals surface area (Å²) in [6, 6.07) is 7.31. The van der Waals surface area contributed by atoms with Crippen LogP contribution < -0.4 is 4.90 Å². The van der Waals surface area contributed by atoms with Gasteiger partial charge in [-0.1, -0.05) is 32.9 Å². The van der Waals surface area contributed by atoms with E-state index in [9.17, 15) is 9.59 Å². The van der Waals surface area contributed by atoms with E-state index in [2.05, 4.69) is 18.7 Å². The van der Waals surface area contributed by atoms with Gasteiger partial charge in [0.1, 0.15) is 0 Å². The van der Waals surface area contributed by atoms with Gasteiger partial charge in [-0.3, -0.25) is 9.59 Å². The van der Waals surface area contributed by atoms with Gasteiger partial charge in [-0.25, -0.2) is 0 Å². The Morgan fingerprint density at radius 2 is 1.68 bits per heavy atom. The Balaban J connectivity index is 2.84. The molecule has 0 aliphatic carbocycles. The maximum absolute atomic E-state index is 11.1. The van der Waals surface area contributed by atoms with Crippen LogP contribution in [0.2, 0.25) is 0 Å². The monoisotopic (exact) mass is 307 g/mol. The first-order valence-corrected chi connectivity index (χ1v) is 7.58. The average Bonchev–Trinajstić information content (AvgIpc) is 2.43. The Labute approximate surface area is 131 Å². The third kappa shape index (κ3) is 6.16. The van der Waals surface area contributed by atoms with E-state index in [0.717, 1.165) is 24.2 Å². The molecule has 2 N–H and O–H groups in total. The highest BCUT2D eigenvalue weighted by Gasteiger charge is 2.17. The molecule has 0 aliphatic rings.